The average Bonchev–Trinajstić information content (AvgIpc) is 2.46. The maximum absolute atomic E-state index is 12.8. The summed E-state index contributed by atoms with van der Waals surface area (Å²) in [5, 5.41) is 0.246. The number of nitrogens with zero attached hydrogens (tertiary/aromatic N) is 3. The van der Waals surface area contributed by atoms with Gasteiger partial charge >= 0.3 is 0 Å². The molecule has 2 heterocycles. The van der Waals surface area contributed by atoms with Crippen LogP contribution in [0.4, 0.5) is 0 Å². The summed E-state index contributed by atoms with van der Waals surface area (Å²) < 4.78 is 26.9. The average molecular weight is 344 g/mol. The van der Waals surface area contributed by atoms with Gasteiger partial charge in [0.15, 0.2) is 0 Å². The van der Waals surface area contributed by atoms with Crippen molar-refractivity contribution in [3.05, 3.63) is 52.0 Å². The molecular weight excluding hydrogens is 333 g/mol. The summed E-state index contributed by atoms with van der Waals surface area (Å²) in [7, 11) is -3.75. The lowest BCUT2D eigenvalue weighted by atomic mass is 10.1. The topological polar surface area (TPSA) is 63.2 Å². The molecule has 0 saturated heterocycles. The SMILES string of the molecule is O=S(=O)(c1c(Cl)cccc1Cl)N1CCc2ncncc2C1. The summed E-state index contributed by atoms with van der Waals surface area (Å²) in [5.41, 5.74) is 1.68. The Kier molecular flexibility index (Phi) is 3.88. The number of hydrogen-bond donors (Lipinski definition) is 0. The van der Waals surface area contributed by atoms with Gasteiger partial charge in [-0.25, -0.2) is 18.4 Å². The summed E-state index contributed by atoms with van der Waals surface area (Å²) in [6.45, 7) is 0.563. The molecule has 0 atom stereocenters. The van der Waals surface area contributed by atoms with E-state index in [9.17, 15) is 8.42 Å². The van der Waals surface area contributed by atoms with Crippen LogP contribution in [-0.2, 0) is 23.0 Å². The van der Waals surface area contributed by atoms with Crippen LogP contribution in [-0.4, -0.2) is 29.2 Å². The third-order valence-corrected chi connectivity index (χ3v) is 6.14. The molecule has 0 spiro atoms. The highest BCUT2D eigenvalue weighted by molar-refractivity contribution is 7.89. The van der Waals surface area contributed by atoms with E-state index < -0.39 is 10.0 Å². The number of benzene rings is 1. The smallest absolute Gasteiger partial charge is 0.244 e. The standard InChI is InChI=1S/C13H11Cl2N3O2S/c14-10-2-1-3-11(15)13(10)21(19,20)18-5-4-12-9(7-18)6-16-8-17-12/h1-3,6,8H,4-5,7H2. The molecule has 0 radical (unpaired) electrons. The van der Waals surface area contributed by atoms with Crippen LogP contribution in [0.15, 0.2) is 35.6 Å². The minimum atomic E-state index is -3.75. The third kappa shape index (κ3) is 2.64. The predicted octanol–water partition coefficient (Wildman–Crippen LogP) is 2.53. The van der Waals surface area contributed by atoms with Crippen molar-refractivity contribution in [2.24, 2.45) is 0 Å². The minimum Gasteiger partial charge on any atom is -0.244 e. The molecule has 1 aliphatic heterocycles. The Morgan fingerprint density at radius 3 is 2.62 bits per heavy atom. The fraction of sp³-hybridized carbons (Fsp3) is 0.231. The van der Waals surface area contributed by atoms with E-state index in [1.807, 2.05) is 0 Å². The molecule has 110 valence electrons. The van der Waals surface area contributed by atoms with Crippen LogP contribution >= 0.6 is 23.2 Å². The molecule has 0 N–H and O–H groups in total. The van der Waals surface area contributed by atoms with E-state index in [0.29, 0.717) is 13.0 Å². The van der Waals surface area contributed by atoms with Gasteiger partial charge in [-0.1, -0.05) is 29.3 Å². The number of halogens is 2. The molecule has 0 saturated carbocycles. The summed E-state index contributed by atoms with van der Waals surface area (Å²) in [4.78, 5) is 8.05. The Balaban J connectivity index is 2.01. The van der Waals surface area contributed by atoms with Crippen molar-refractivity contribution in [3.63, 3.8) is 0 Å². The van der Waals surface area contributed by atoms with Gasteiger partial charge < -0.3 is 0 Å². The van der Waals surface area contributed by atoms with Gasteiger partial charge in [-0.05, 0) is 12.1 Å². The van der Waals surface area contributed by atoms with Crippen molar-refractivity contribution in [3.8, 4) is 0 Å². The summed E-state index contributed by atoms with van der Waals surface area (Å²) in [5.74, 6) is 0. The Labute approximate surface area is 132 Å². The molecule has 8 heteroatoms. The molecular formula is C13H11Cl2N3O2S. The monoisotopic (exact) mass is 343 g/mol. The van der Waals surface area contributed by atoms with Crippen LogP contribution < -0.4 is 0 Å². The zero-order valence-corrected chi connectivity index (χ0v) is 13.2. The lowest BCUT2D eigenvalue weighted by Crippen LogP contribution is -2.36. The number of rotatable bonds is 2. The quantitative estimate of drug-likeness (QED) is 0.840. The third-order valence-electron chi connectivity index (χ3n) is 3.34. The number of fused-ring (bicyclic) bond motifs is 1. The number of aromatic nitrogens is 2. The van der Waals surface area contributed by atoms with Gasteiger partial charge in [-0.15, -0.1) is 0 Å². The molecule has 5 nitrogen and oxygen atoms in total. The van der Waals surface area contributed by atoms with Crippen molar-refractivity contribution in [1.82, 2.24) is 14.3 Å². The molecule has 0 aliphatic carbocycles. The van der Waals surface area contributed by atoms with Gasteiger partial charge in [0.25, 0.3) is 0 Å². The normalized spacial score (nSPS) is 15.7. The minimum absolute atomic E-state index is 0.0476. The Hall–Kier alpha value is -1.21. The van der Waals surface area contributed by atoms with Crippen LogP contribution in [0.5, 0.6) is 0 Å². The van der Waals surface area contributed by atoms with E-state index in [2.05, 4.69) is 9.97 Å². The first kappa shape index (κ1) is 14.7. The number of hydrogen-bond acceptors (Lipinski definition) is 4. The largest absolute Gasteiger partial charge is 0.246 e. The van der Waals surface area contributed by atoms with Crippen LogP contribution in [0, 0.1) is 0 Å². The van der Waals surface area contributed by atoms with E-state index in [4.69, 9.17) is 23.2 Å². The van der Waals surface area contributed by atoms with Gasteiger partial charge in [-0.2, -0.15) is 4.31 Å². The van der Waals surface area contributed by atoms with E-state index in [1.54, 1.807) is 12.3 Å². The molecule has 0 bridgehead atoms. The second-order valence-electron chi connectivity index (χ2n) is 4.63. The first-order valence-electron chi connectivity index (χ1n) is 6.22. The molecule has 1 aliphatic rings. The van der Waals surface area contributed by atoms with Crippen molar-refractivity contribution in [2.75, 3.05) is 6.54 Å². The van der Waals surface area contributed by atoms with E-state index >= 15 is 0 Å². The fourth-order valence-electron chi connectivity index (χ4n) is 2.30. The maximum atomic E-state index is 12.8. The number of sulfonamides is 1. The maximum Gasteiger partial charge on any atom is 0.246 e. The lowest BCUT2D eigenvalue weighted by Gasteiger charge is -2.27. The van der Waals surface area contributed by atoms with E-state index in [-0.39, 0.29) is 21.5 Å². The van der Waals surface area contributed by atoms with Crippen molar-refractivity contribution < 1.29 is 8.42 Å². The summed E-state index contributed by atoms with van der Waals surface area (Å²) in [6.07, 6.45) is 3.64. The van der Waals surface area contributed by atoms with E-state index in [1.165, 1.54) is 22.8 Å². The Morgan fingerprint density at radius 2 is 1.90 bits per heavy atom. The van der Waals surface area contributed by atoms with Gasteiger partial charge in [0, 0.05) is 37.0 Å². The zero-order valence-electron chi connectivity index (χ0n) is 10.8. The molecule has 1 aromatic heterocycles. The molecule has 0 amide bonds. The molecule has 1 aromatic carbocycles. The highest BCUT2D eigenvalue weighted by atomic mass is 35.5. The van der Waals surface area contributed by atoms with Crippen molar-refractivity contribution >= 4 is 33.2 Å². The van der Waals surface area contributed by atoms with Crippen molar-refractivity contribution in [1.29, 1.82) is 0 Å². The first-order valence-corrected chi connectivity index (χ1v) is 8.41. The first-order chi connectivity index (χ1) is 10.00. The van der Waals surface area contributed by atoms with Crippen LogP contribution in [0.1, 0.15) is 11.3 Å². The fourth-order valence-corrected chi connectivity index (χ4v) is 4.81. The lowest BCUT2D eigenvalue weighted by molar-refractivity contribution is 0.387. The van der Waals surface area contributed by atoms with Crippen LogP contribution in [0.25, 0.3) is 0 Å². The van der Waals surface area contributed by atoms with Gasteiger partial charge in [0.05, 0.1) is 10.0 Å². The molecule has 21 heavy (non-hydrogen) atoms. The second kappa shape index (κ2) is 5.53. The highest BCUT2D eigenvalue weighted by Gasteiger charge is 2.32. The predicted molar refractivity (Wildman–Crippen MR) is 79.8 cm³/mol. The van der Waals surface area contributed by atoms with Crippen LogP contribution in [0.2, 0.25) is 10.0 Å². The molecule has 2 aromatic rings. The summed E-state index contributed by atoms with van der Waals surface area (Å²) in [6, 6.07) is 4.64. The molecule has 0 unspecified atom stereocenters. The highest BCUT2D eigenvalue weighted by Crippen LogP contribution is 2.33. The van der Waals surface area contributed by atoms with Crippen molar-refractivity contribution in [2.45, 2.75) is 17.9 Å². The second-order valence-corrected chi connectivity index (χ2v) is 7.32. The van der Waals surface area contributed by atoms with Gasteiger partial charge in [-0.3, -0.25) is 0 Å². The van der Waals surface area contributed by atoms with Gasteiger partial charge in [0.2, 0.25) is 10.0 Å². The van der Waals surface area contributed by atoms with E-state index in [0.717, 1.165) is 11.3 Å². The summed E-state index contributed by atoms with van der Waals surface area (Å²) >= 11 is 12.0. The Morgan fingerprint density at radius 1 is 1.19 bits per heavy atom. The van der Waals surface area contributed by atoms with Gasteiger partial charge in [0.1, 0.15) is 11.2 Å². The molecule has 3 rings (SSSR count). The Bertz CT molecular complexity index is 776. The molecule has 0 fully saturated rings. The zero-order chi connectivity index (χ0) is 15.0. The van der Waals surface area contributed by atoms with Crippen LogP contribution in [0.3, 0.4) is 0 Å².